The van der Waals surface area contributed by atoms with E-state index in [-0.39, 0.29) is 11.8 Å². The quantitative estimate of drug-likeness (QED) is 0.809. The summed E-state index contributed by atoms with van der Waals surface area (Å²) in [6.45, 7) is 11.1. The largest absolute Gasteiger partial charge is 0.510 e. The molecule has 0 aliphatic carbocycles. The van der Waals surface area contributed by atoms with Crippen molar-refractivity contribution in [1.29, 1.82) is 5.41 Å². The molecule has 0 spiro atoms. The summed E-state index contributed by atoms with van der Waals surface area (Å²) in [5.41, 5.74) is 1.61. The smallest absolute Gasteiger partial charge is 0.135 e. The lowest BCUT2D eigenvalue weighted by Crippen LogP contribution is -2.35. The number of nitrogens with zero attached hydrogens (tertiary/aromatic N) is 2. The summed E-state index contributed by atoms with van der Waals surface area (Å²) in [5.74, 6) is 1.42. The first-order valence-corrected chi connectivity index (χ1v) is 8.85. The minimum atomic E-state index is 0.271. The van der Waals surface area contributed by atoms with Crippen molar-refractivity contribution in [2.24, 2.45) is 5.92 Å². The molecule has 22 heavy (non-hydrogen) atoms. The molecule has 0 amide bonds. The van der Waals surface area contributed by atoms with E-state index in [2.05, 4.69) is 25.8 Å². The van der Waals surface area contributed by atoms with E-state index < -0.39 is 0 Å². The SMILES string of the molecule is Cc1nc(C2=C(O)CN([C@@H](C)CCCC(C)C)C2=N)sc1C. The second-order valence-corrected chi connectivity index (χ2v) is 7.84. The van der Waals surface area contributed by atoms with E-state index in [1.807, 2.05) is 18.7 Å². The van der Waals surface area contributed by atoms with E-state index in [4.69, 9.17) is 5.41 Å². The molecule has 0 radical (unpaired) electrons. The van der Waals surface area contributed by atoms with E-state index >= 15 is 0 Å². The molecule has 0 aromatic carbocycles. The van der Waals surface area contributed by atoms with Gasteiger partial charge in [0.15, 0.2) is 0 Å². The lowest BCUT2D eigenvalue weighted by molar-refractivity contribution is 0.289. The van der Waals surface area contributed by atoms with Gasteiger partial charge in [-0.2, -0.15) is 0 Å². The molecule has 4 nitrogen and oxygen atoms in total. The maximum atomic E-state index is 10.3. The van der Waals surface area contributed by atoms with Crippen LogP contribution in [0, 0.1) is 25.2 Å². The third kappa shape index (κ3) is 3.51. The second kappa shape index (κ2) is 6.82. The second-order valence-electron chi connectivity index (χ2n) is 6.63. The van der Waals surface area contributed by atoms with Crippen LogP contribution in [0.1, 0.15) is 55.6 Å². The number of hydrogen-bond donors (Lipinski definition) is 2. The van der Waals surface area contributed by atoms with Crippen LogP contribution in [0.15, 0.2) is 5.76 Å². The Morgan fingerprint density at radius 1 is 1.27 bits per heavy atom. The average molecular weight is 321 g/mol. The van der Waals surface area contributed by atoms with Crippen LogP contribution in [0.3, 0.4) is 0 Å². The van der Waals surface area contributed by atoms with Crippen LogP contribution in [-0.2, 0) is 0 Å². The van der Waals surface area contributed by atoms with Gasteiger partial charge in [0.1, 0.15) is 16.6 Å². The summed E-state index contributed by atoms with van der Waals surface area (Å²) < 4.78 is 0. The molecular formula is C17H27N3OS. The van der Waals surface area contributed by atoms with Crippen molar-refractivity contribution in [2.75, 3.05) is 6.54 Å². The van der Waals surface area contributed by atoms with Gasteiger partial charge in [-0.3, -0.25) is 5.41 Å². The Balaban J connectivity index is 2.06. The van der Waals surface area contributed by atoms with Gasteiger partial charge in [0.05, 0.1) is 17.8 Å². The summed E-state index contributed by atoms with van der Waals surface area (Å²) in [6, 6.07) is 0.271. The molecule has 2 N–H and O–H groups in total. The molecule has 5 heteroatoms. The highest BCUT2D eigenvalue weighted by Crippen LogP contribution is 2.33. The monoisotopic (exact) mass is 321 g/mol. The number of hydrogen-bond acceptors (Lipinski definition) is 4. The number of amidine groups is 1. The molecule has 1 aliphatic rings. The number of aliphatic hydroxyl groups excluding tert-OH is 1. The number of nitrogens with one attached hydrogen (secondary N) is 1. The van der Waals surface area contributed by atoms with Crippen LogP contribution in [0.5, 0.6) is 0 Å². The molecule has 122 valence electrons. The van der Waals surface area contributed by atoms with Crippen LogP contribution in [0.25, 0.3) is 5.57 Å². The zero-order valence-electron chi connectivity index (χ0n) is 14.2. The maximum Gasteiger partial charge on any atom is 0.135 e. The zero-order valence-corrected chi connectivity index (χ0v) is 15.0. The van der Waals surface area contributed by atoms with E-state index in [1.54, 1.807) is 11.3 Å². The summed E-state index contributed by atoms with van der Waals surface area (Å²) >= 11 is 1.56. The molecule has 1 atom stereocenters. The van der Waals surface area contributed by atoms with Crippen molar-refractivity contribution in [3.05, 3.63) is 21.3 Å². The van der Waals surface area contributed by atoms with Crippen molar-refractivity contribution in [3.63, 3.8) is 0 Å². The van der Waals surface area contributed by atoms with E-state index in [0.29, 0.717) is 23.9 Å². The average Bonchev–Trinajstić information content (AvgIpc) is 2.89. The predicted octanol–water partition coefficient (Wildman–Crippen LogP) is 4.54. The maximum absolute atomic E-state index is 10.3. The number of rotatable bonds is 6. The van der Waals surface area contributed by atoms with Gasteiger partial charge in [-0.1, -0.05) is 26.7 Å². The summed E-state index contributed by atoms with van der Waals surface area (Å²) in [4.78, 5) is 7.65. The van der Waals surface area contributed by atoms with E-state index in [9.17, 15) is 5.11 Å². The first kappa shape index (κ1) is 17.0. The van der Waals surface area contributed by atoms with Crippen LogP contribution in [-0.4, -0.2) is 33.4 Å². The van der Waals surface area contributed by atoms with Gasteiger partial charge in [0, 0.05) is 10.9 Å². The van der Waals surface area contributed by atoms with Crippen LogP contribution < -0.4 is 0 Å². The van der Waals surface area contributed by atoms with Crippen LogP contribution >= 0.6 is 11.3 Å². The van der Waals surface area contributed by atoms with Crippen molar-refractivity contribution in [3.8, 4) is 0 Å². The van der Waals surface area contributed by atoms with Gasteiger partial charge >= 0.3 is 0 Å². The van der Waals surface area contributed by atoms with Crippen molar-refractivity contribution in [1.82, 2.24) is 9.88 Å². The fourth-order valence-corrected chi connectivity index (χ4v) is 3.74. The molecule has 2 rings (SSSR count). The molecule has 0 unspecified atom stereocenters. The highest BCUT2D eigenvalue weighted by molar-refractivity contribution is 7.13. The molecule has 2 heterocycles. The number of aryl methyl sites for hydroxylation is 2. The van der Waals surface area contributed by atoms with E-state index in [0.717, 1.165) is 28.4 Å². The van der Waals surface area contributed by atoms with Gasteiger partial charge in [0.2, 0.25) is 0 Å². The molecule has 0 fully saturated rings. The number of aliphatic hydroxyl groups is 1. The van der Waals surface area contributed by atoms with Gasteiger partial charge in [-0.15, -0.1) is 11.3 Å². The molecule has 1 aromatic heterocycles. The third-order valence-corrected chi connectivity index (χ3v) is 5.40. The summed E-state index contributed by atoms with van der Waals surface area (Å²) in [5, 5.41) is 19.5. The molecule has 0 saturated heterocycles. The van der Waals surface area contributed by atoms with Crippen LogP contribution in [0.2, 0.25) is 0 Å². The Morgan fingerprint density at radius 3 is 2.50 bits per heavy atom. The third-order valence-electron chi connectivity index (χ3n) is 4.31. The first-order chi connectivity index (χ1) is 10.3. The molecule has 1 aliphatic heterocycles. The van der Waals surface area contributed by atoms with E-state index in [1.165, 1.54) is 6.42 Å². The zero-order chi connectivity index (χ0) is 16.4. The number of thiazole rings is 1. The van der Waals surface area contributed by atoms with Gasteiger partial charge in [-0.05, 0) is 33.1 Å². The lowest BCUT2D eigenvalue weighted by Gasteiger charge is -2.26. The summed E-state index contributed by atoms with van der Waals surface area (Å²) in [6.07, 6.45) is 3.42. The van der Waals surface area contributed by atoms with Gasteiger partial charge in [0.25, 0.3) is 0 Å². The highest BCUT2D eigenvalue weighted by Gasteiger charge is 2.32. The fourth-order valence-electron chi connectivity index (χ4n) is 2.76. The molecule has 0 bridgehead atoms. The number of aromatic nitrogens is 1. The van der Waals surface area contributed by atoms with Gasteiger partial charge < -0.3 is 10.0 Å². The van der Waals surface area contributed by atoms with Crippen molar-refractivity contribution >= 4 is 22.7 Å². The normalized spacial score (nSPS) is 17.0. The Hall–Kier alpha value is -1.36. The lowest BCUT2D eigenvalue weighted by atomic mass is 10.0. The first-order valence-electron chi connectivity index (χ1n) is 8.03. The minimum Gasteiger partial charge on any atom is -0.510 e. The predicted molar refractivity (Wildman–Crippen MR) is 93.7 cm³/mol. The minimum absolute atomic E-state index is 0.271. The standard InChI is InChI=1S/C17H27N3OS/c1-10(2)7-6-8-11(3)20-9-14(21)15(16(20)18)17-19-12(4)13(5)22-17/h10-11,18,21H,6-9H2,1-5H3/t11-/m0/s1. The Bertz CT molecular complexity index is 569. The van der Waals surface area contributed by atoms with Crippen LogP contribution in [0.4, 0.5) is 0 Å². The molecule has 1 aromatic rings. The molecular weight excluding hydrogens is 294 g/mol. The highest BCUT2D eigenvalue weighted by atomic mass is 32.1. The Morgan fingerprint density at radius 2 is 1.95 bits per heavy atom. The van der Waals surface area contributed by atoms with Gasteiger partial charge in [-0.25, -0.2) is 4.98 Å². The van der Waals surface area contributed by atoms with Crippen molar-refractivity contribution < 1.29 is 5.11 Å². The van der Waals surface area contributed by atoms with Crippen molar-refractivity contribution in [2.45, 2.75) is 59.9 Å². The Labute approximate surface area is 137 Å². The fraction of sp³-hybridized carbons (Fsp3) is 0.647. The Kier molecular flexibility index (Phi) is 5.27. The molecule has 0 saturated carbocycles. The summed E-state index contributed by atoms with van der Waals surface area (Å²) in [7, 11) is 0. The topological polar surface area (TPSA) is 60.2 Å².